The molecule has 4 heteroatoms. The molecule has 0 spiro atoms. The third-order valence-electron chi connectivity index (χ3n) is 1.65. The van der Waals surface area contributed by atoms with Crippen molar-refractivity contribution >= 4 is 5.71 Å². The monoisotopic (exact) mass is 170 g/mol. The molecule has 0 aromatic carbocycles. The maximum absolute atomic E-state index is 8.52. The zero-order valence-corrected chi connectivity index (χ0v) is 7.19. The molecule has 0 aliphatic heterocycles. The van der Waals surface area contributed by atoms with E-state index in [0.717, 1.165) is 12.8 Å². The van der Waals surface area contributed by atoms with Gasteiger partial charge in [-0.2, -0.15) is 5.26 Å². The lowest BCUT2D eigenvalue weighted by molar-refractivity contribution is 0.274. The second-order valence-corrected chi connectivity index (χ2v) is 2.83. The molecule has 0 rings (SSSR count). The van der Waals surface area contributed by atoms with E-state index in [1.807, 2.05) is 6.92 Å². The molecule has 0 saturated carbocycles. The molecule has 0 saturated heterocycles. The Labute approximate surface area is 72.1 Å². The van der Waals surface area contributed by atoms with Crippen LogP contribution in [-0.2, 0) is 0 Å². The van der Waals surface area contributed by atoms with Crippen LogP contribution in [0, 0.1) is 17.2 Å². The second-order valence-electron chi connectivity index (χ2n) is 2.83. The van der Waals surface area contributed by atoms with Crippen LogP contribution < -0.4 is 0 Å². The molecule has 2 N–H and O–H groups in total. The van der Waals surface area contributed by atoms with Crippen LogP contribution in [0.15, 0.2) is 5.16 Å². The summed E-state index contributed by atoms with van der Waals surface area (Å²) >= 11 is 0. The average molecular weight is 170 g/mol. The molecule has 1 unspecified atom stereocenters. The third kappa shape index (κ3) is 4.69. The topological polar surface area (TPSA) is 76.6 Å². The molecule has 0 heterocycles. The van der Waals surface area contributed by atoms with Gasteiger partial charge in [0.25, 0.3) is 0 Å². The van der Waals surface area contributed by atoms with Crippen molar-refractivity contribution in [2.75, 3.05) is 6.61 Å². The first-order valence-electron chi connectivity index (χ1n) is 3.96. The maximum atomic E-state index is 8.52. The highest BCUT2D eigenvalue weighted by atomic mass is 16.4. The second kappa shape index (κ2) is 6.62. The van der Waals surface area contributed by atoms with Gasteiger partial charge in [0.1, 0.15) is 6.07 Å². The summed E-state index contributed by atoms with van der Waals surface area (Å²) in [6, 6.07) is 1.80. The Hall–Kier alpha value is -1.08. The first-order valence-corrected chi connectivity index (χ1v) is 3.96. The van der Waals surface area contributed by atoms with Gasteiger partial charge >= 0.3 is 0 Å². The molecule has 0 aliphatic carbocycles. The molecule has 0 aliphatic rings. The lowest BCUT2D eigenvalue weighted by Crippen LogP contribution is -2.04. The third-order valence-corrected chi connectivity index (χ3v) is 1.65. The van der Waals surface area contributed by atoms with E-state index in [9.17, 15) is 0 Å². The minimum Gasteiger partial charge on any atom is -0.410 e. The van der Waals surface area contributed by atoms with Gasteiger partial charge in [-0.05, 0) is 18.8 Å². The number of aliphatic hydroxyl groups is 1. The number of aliphatic hydroxyl groups excluding tert-OH is 1. The summed E-state index contributed by atoms with van der Waals surface area (Å²) in [7, 11) is 0. The summed E-state index contributed by atoms with van der Waals surface area (Å²) in [5.74, 6) is 0.280. The van der Waals surface area contributed by atoms with Gasteiger partial charge in [0.15, 0.2) is 5.71 Å². The van der Waals surface area contributed by atoms with Gasteiger partial charge in [0.05, 0.1) is 0 Å². The predicted octanol–water partition coefficient (Wildman–Crippen LogP) is 1.14. The van der Waals surface area contributed by atoms with Crippen molar-refractivity contribution in [3.63, 3.8) is 0 Å². The van der Waals surface area contributed by atoms with Crippen LogP contribution in [0.5, 0.6) is 0 Å². The van der Waals surface area contributed by atoms with E-state index < -0.39 is 0 Å². The standard InChI is InChI=1S/C8H14N2O2/c1-7(3-2-4-11)5-8(6-9)10-12/h7,11-12H,2-5H2,1H3/b10-8-. The van der Waals surface area contributed by atoms with Crippen LogP contribution in [0.2, 0.25) is 0 Å². The van der Waals surface area contributed by atoms with Crippen molar-refractivity contribution in [2.24, 2.45) is 11.1 Å². The van der Waals surface area contributed by atoms with Crippen molar-refractivity contribution in [3.8, 4) is 6.07 Å². The molecule has 0 amide bonds. The molecular formula is C8H14N2O2. The van der Waals surface area contributed by atoms with Gasteiger partial charge in [0.2, 0.25) is 0 Å². The number of nitrogens with zero attached hydrogens (tertiary/aromatic N) is 2. The molecule has 0 radical (unpaired) electrons. The Kier molecular flexibility index (Phi) is 6.02. The summed E-state index contributed by atoms with van der Waals surface area (Å²) < 4.78 is 0. The summed E-state index contributed by atoms with van der Waals surface area (Å²) in [5, 5.41) is 28.1. The zero-order valence-electron chi connectivity index (χ0n) is 7.19. The molecule has 1 atom stereocenters. The molecular weight excluding hydrogens is 156 g/mol. The Bertz CT molecular complexity index is 184. The first kappa shape index (κ1) is 10.9. The largest absolute Gasteiger partial charge is 0.410 e. The Morgan fingerprint density at radius 3 is 2.75 bits per heavy atom. The molecule has 0 fully saturated rings. The fourth-order valence-electron chi connectivity index (χ4n) is 0.981. The van der Waals surface area contributed by atoms with Crippen LogP contribution in [0.3, 0.4) is 0 Å². The first-order chi connectivity index (χ1) is 5.74. The summed E-state index contributed by atoms with van der Waals surface area (Å²) in [6.45, 7) is 2.13. The highest BCUT2D eigenvalue weighted by Gasteiger charge is 2.06. The zero-order chi connectivity index (χ0) is 9.40. The highest BCUT2D eigenvalue weighted by Crippen LogP contribution is 2.10. The van der Waals surface area contributed by atoms with Crippen molar-refractivity contribution in [1.82, 2.24) is 0 Å². The summed E-state index contributed by atoms with van der Waals surface area (Å²) in [6.07, 6.45) is 2.05. The molecule has 4 nitrogen and oxygen atoms in total. The number of hydrogen-bond donors (Lipinski definition) is 2. The smallest absolute Gasteiger partial charge is 0.157 e. The fraction of sp³-hybridized carbons (Fsp3) is 0.750. The van der Waals surface area contributed by atoms with Crippen LogP contribution in [0.1, 0.15) is 26.2 Å². The normalized spacial score (nSPS) is 13.9. The van der Waals surface area contributed by atoms with Gasteiger partial charge in [-0.25, -0.2) is 0 Å². The molecule has 68 valence electrons. The molecule has 12 heavy (non-hydrogen) atoms. The quantitative estimate of drug-likeness (QED) is 0.369. The molecule has 0 aromatic heterocycles. The van der Waals surface area contributed by atoms with E-state index in [2.05, 4.69) is 5.16 Å². The van der Waals surface area contributed by atoms with E-state index in [-0.39, 0.29) is 18.2 Å². The number of rotatable bonds is 5. The van der Waals surface area contributed by atoms with Crippen molar-refractivity contribution in [1.29, 1.82) is 5.26 Å². The highest BCUT2D eigenvalue weighted by molar-refractivity contribution is 5.98. The van der Waals surface area contributed by atoms with Gasteiger partial charge in [0, 0.05) is 13.0 Å². The van der Waals surface area contributed by atoms with Gasteiger partial charge in [-0.15, -0.1) is 0 Å². The Morgan fingerprint density at radius 2 is 2.33 bits per heavy atom. The summed E-state index contributed by atoms with van der Waals surface area (Å²) in [5.41, 5.74) is 0.153. The number of hydrogen-bond acceptors (Lipinski definition) is 4. The van der Waals surface area contributed by atoms with Crippen LogP contribution >= 0.6 is 0 Å². The van der Waals surface area contributed by atoms with Crippen molar-refractivity contribution < 1.29 is 10.3 Å². The molecule has 0 bridgehead atoms. The lowest BCUT2D eigenvalue weighted by Gasteiger charge is -2.06. The van der Waals surface area contributed by atoms with Gasteiger partial charge in [-0.3, -0.25) is 0 Å². The fourth-order valence-corrected chi connectivity index (χ4v) is 0.981. The van der Waals surface area contributed by atoms with Crippen molar-refractivity contribution in [2.45, 2.75) is 26.2 Å². The van der Waals surface area contributed by atoms with E-state index >= 15 is 0 Å². The van der Waals surface area contributed by atoms with Crippen LogP contribution in [0.4, 0.5) is 0 Å². The Morgan fingerprint density at radius 1 is 1.67 bits per heavy atom. The predicted molar refractivity (Wildman–Crippen MR) is 44.9 cm³/mol. The maximum Gasteiger partial charge on any atom is 0.157 e. The van der Waals surface area contributed by atoms with E-state index in [4.69, 9.17) is 15.6 Å². The number of nitriles is 1. The van der Waals surface area contributed by atoms with E-state index in [0.29, 0.717) is 6.42 Å². The van der Waals surface area contributed by atoms with Gasteiger partial charge in [-0.1, -0.05) is 12.1 Å². The van der Waals surface area contributed by atoms with E-state index in [1.54, 1.807) is 6.07 Å². The minimum atomic E-state index is 0.153. The average Bonchev–Trinajstić information content (AvgIpc) is 2.10. The van der Waals surface area contributed by atoms with Crippen LogP contribution in [-0.4, -0.2) is 22.6 Å². The lowest BCUT2D eigenvalue weighted by atomic mass is 9.99. The minimum absolute atomic E-state index is 0.153. The van der Waals surface area contributed by atoms with Crippen molar-refractivity contribution in [3.05, 3.63) is 0 Å². The molecule has 0 aromatic rings. The van der Waals surface area contributed by atoms with E-state index in [1.165, 1.54) is 0 Å². The SMILES string of the molecule is CC(CCCO)C/C(C#N)=N/O. The number of oxime groups is 1. The van der Waals surface area contributed by atoms with Gasteiger partial charge < -0.3 is 10.3 Å². The van der Waals surface area contributed by atoms with Crippen LogP contribution in [0.25, 0.3) is 0 Å². The Balaban J connectivity index is 3.69. The summed E-state index contributed by atoms with van der Waals surface area (Å²) in [4.78, 5) is 0.